The molecule has 0 aromatic heterocycles. The number of carbonyl (C=O) groups excluding carboxylic acids is 2. The number of carbonyl (C=O) groups is 2. The average Bonchev–Trinajstić information content (AvgIpc) is 4.19. The van der Waals surface area contributed by atoms with Gasteiger partial charge in [0.25, 0.3) is 0 Å². The van der Waals surface area contributed by atoms with Crippen LogP contribution in [0.5, 0.6) is 23.0 Å². The number of benzene rings is 4. The molecule has 4 aliphatic rings. The van der Waals surface area contributed by atoms with Crippen LogP contribution in [-0.4, -0.2) is 85.3 Å². The molecule has 2 amide bonds. The number of allylic oxidation sites excluding steroid dienone is 1. The van der Waals surface area contributed by atoms with Gasteiger partial charge < -0.3 is 43.6 Å². The van der Waals surface area contributed by atoms with Crippen LogP contribution in [0.25, 0.3) is 10.8 Å². The molecule has 13 heteroatoms. The van der Waals surface area contributed by atoms with Crippen molar-refractivity contribution in [1.82, 2.24) is 4.90 Å². The van der Waals surface area contributed by atoms with Crippen molar-refractivity contribution < 1.29 is 48.3 Å². The summed E-state index contributed by atoms with van der Waals surface area (Å²) in [5.41, 5.74) is 3.93. The van der Waals surface area contributed by atoms with Gasteiger partial charge in [-0.2, -0.15) is 0 Å². The Labute approximate surface area is 387 Å². The van der Waals surface area contributed by atoms with E-state index in [0.29, 0.717) is 61.1 Å². The molecule has 13 nitrogen and oxygen atoms in total. The van der Waals surface area contributed by atoms with E-state index < -0.39 is 23.8 Å². The molecule has 3 aliphatic carbocycles. The molecular weight excluding hydrogens is 839 g/mol. The van der Waals surface area contributed by atoms with Crippen LogP contribution in [0.2, 0.25) is 0 Å². The minimum Gasteiger partial charge on any atom is -0.497 e. The lowest BCUT2D eigenvalue weighted by Crippen LogP contribution is -2.70. The number of oxime groups is 1. The van der Waals surface area contributed by atoms with Crippen molar-refractivity contribution in [1.29, 1.82) is 0 Å². The van der Waals surface area contributed by atoms with Crippen molar-refractivity contribution in [3.05, 3.63) is 114 Å². The molecule has 350 valence electrons. The first kappa shape index (κ1) is 46.6. The zero-order valence-electron chi connectivity index (χ0n) is 38.3. The Hall–Kier alpha value is -5.89. The number of ether oxygens (including phenoxy) is 5. The van der Waals surface area contributed by atoms with Crippen LogP contribution in [0.15, 0.2) is 108 Å². The summed E-state index contributed by atoms with van der Waals surface area (Å²) in [6, 6.07) is 24.3. The topological polar surface area (TPSA) is 158 Å². The van der Waals surface area contributed by atoms with Crippen LogP contribution < -0.4 is 24.3 Å². The second kappa shape index (κ2) is 21.2. The second-order valence-corrected chi connectivity index (χ2v) is 17.6. The van der Waals surface area contributed by atoms with Gasteiger partial charge in [0.05, 0.1) is 38.1 Å². The van der Waals surface area contributed by atoms with Gasteiger partial charge in [-0.3, -0.25) is 10.1 Å². The number of amides is 2. The predicted molar refractivity (Wildman–Crippen MR) is 253 cm³/mol. The van der Waals surface area contributed by atoms with E-state index in [2.05, 4.69) is 42.2 Å². The molecule has 0 spiro atoms. The van der Waals surface area contributed by atoms with Crippen LogP contribution >= 0.6 is 0 Å². The van der Waals surface area contributed by atoms with Gasteiger partial charge in [-0.1, -0.05) is 72.6 Å². The number of nitrogens with zero attached hydrogens (tertiary/aromatic N) is 2. The summed E-state index contributed by atoms with van der Waals surface area (Å²) in [4.78, 5) is 36.6. The van der Waals surface area contributed by atoms with Gasteiger partial charge in [0.1, 0.15) is 35.6 Å². The first-order valence-electron chi connectivity index (χ1n) is 23.5. The van der Waals surface area contributed by atoms with E-state index in [-0.39, 0.29) is 49.4 Å². The molecule has 1 aliphatic heterocycles. The number of aliphatic hydroxyl groups excluding tert-OH is 2. The van der Waals surface area contributed by atoms with Crippen molar-refractivity contribution in [2.24, 2.45) is 28.8 Å². The second-order valence-electron chi connectivity index (χ2n) is 17.6. The number of unbranched alkanes of at least 4 members (excludes halogenated alkanes) is 2. The number of hydrogen-bond acceptors (Lipinski definition) is 11. The van der Waals surface area contributed by atoms with Crippen molar-refractivity contribution in [3.8, 4) is 23.0 Å². The highest BCUT2D eigenvalue weighted by Crippen LogP contribution is 2.62. The molecule has 8 rings (SSSR count). The van der Waals surface area contributed by atoms with Gasteiger partial charge in [-0.25, -0.2) is 4.79 Å². The van der Waals surface area contributed by atoms with Gasteiger partial charge in [-0.05, 0) is 110 Å². The summed E-state index contributed by atoms with van der Waals surface area (Å²) in [6.07, 6.45) is 9.66. The third-order valence-corrected chi connectivity index (χ3v) is 13.6. The molecule has 66 heavy (non-hydrogen) atoms. The summed E-state index contributed by atoms with van der Waals surface area (Å²) in [5.74, 6) is -0.426. The number of nitrogens with one attached hydrogen (secondary N) is 1. The number of anilines is 1. The van der Waals surface area contributed by atoms with Crippen LogP contribution in [0.3, 0.4) is 0 Å². The van der Waals surface area contributed by atoms with Gasteiger partial charge in [-0.15, -0.1) is 6.58 Å². The lowest BCUT2D eigenvalue weighted by Gasteiger charge is -2.60. The normalized spacial score (nSPS) is 23.4. The highest BCUT2D eigenvalue weighted by molar-refractivity contribution is 6.03. The van der Waals surface area contributed by atoms with Gasteiger partial charge in [0.2, 0.25) is 11.7 Å². The number of rotatable bonds is 21. The smallest absolute Gasteiger partial charge is 0.417 e. The maximum Gasteiger partial charge on any atom is 0.417 e. The van der Waals surface area contributed by atoms with Crippen LogP contribution in [-0.2, 0) is 20.9 Å². The van der Waals surface area contributed by atoms with E-state index in [1.165, 1.54) is 7.11 Å². The van der Waals surface area contributed by atoms with E-state index in [1.807, 2.05) is 42.2 Å². The first-order chi connectivity index (χ1) is 32.3. The third-order valence-electron chi connectivity index (χ3n) is 13.6. The molecule has 0 unspecified atom stereocenters. The molecular formula is C53H63N3O10. The molecule has 4 aromatic rings. The van der Waals surface area contributed by atoms with Gasteiger partial charge >= 0.3 is 6.09 Å². The first-order valence-corrected chi connectivity index (χ1v) is 23.5. The largest absolute Gasteiger partial charge is 0.497 e. The minimum absolute atomic E-state index is 0.0104. The maximum absolute atomic E-state index is 15.0. The highest BCUT2D eigenvalue weighted by atomic mass is 16.7. The number of hydrogen-bond donors (Lipinski definition) is 3. The molecule has 4 aromatic carbocycles. The summed E-state index contributed by atoms with van der Waals surface area (Å²) >= 11 is 0. The highest BCUT2D eigenvalue weighted by Gasteiger charge is 2.66. The Balaban J connectivity index is 1.29. The number of aliphatic hydroxyl groups is 2. The number of methoxy groups -OCH3 is 2. The Morgan fingerprint density at radius 3 is 2.45 bits per heavy atom. The van der Waals surface area contributed by atoms with Crippen molar-refractivity contribution in [2.75, 3.05) is 46.0 Å². The SMILES string of the molecule is C=CCO[C@@]12Oc3ccc(OC(=O)Nc4ccc(OC)cc4OC)cc3[C@H]3[C@H](CCCCO)[C@@H](CCCCO)C=C(C(=NOCC)C[C@@H]1N(Cc1cccc4ccccc14)C(=O)C1CC1)[C@H]32. The van der Waals surface area contributed by atoms with Gasteiger partial charge in [0, 0.05) is 49.6 Å². The average molecular weight is 902 g/mol. The van der Waals surface area contributed by atoms with Crippen molar-refractivity contribution in [2.45, 2.75) is 89.0 Å². The zero-order valence-corrected chi connectivity index (χ0v) is 38.3. The fourth-order valence-corrected chi connectivity index (χ4v) is 10.5. The molecule has 0 radical (unpaired) electrons. The molecule has 6 atom stereocenters. The lowest BCUT2D eigenvalue weighted by molar-refractivity contribution is -0.258. The monoisotopic (exact) mass is 901 g/mol. The lowest BCUT2D eigenvalue weighted by atomic mass is 9.55. The Morgan fingerprint density at radius 1 is 0.939 bits per heavy atom. The molecule has 3 N–H and O–H groups in total. The van der Waals surface area contributed by atoms with E-state index in [9.17, 15) is 15.0 Å². The fourth-order valence-electron chi connectivity index (χ4n) is 10.5. The summed E-state index contributed by atoms with van der Waals surface area (Å²) < 4.78 is 31.5. The molecule has 0 bridgehead atoms. The predicted octanol–water partition coefficient (Wildman–Crippen LogP) is 9.56. The van der Waals surface area contributed by atoms with Crippen LogP contribution in [0, 0.1) is 23.7 Å². The van der Waals surface area contributed by atoms with Crippen LogP contribution in [0.1, 0.15) is 81.8 Å². The standard InChI is InChI=1S/C53H63N3O10/c1-5-28-63-53-48(56(51(59)35-20-21-35)33-37-17-13-16-34-14-7-8-18-40(34)37)32-45(55-64-6-2)42-29-36(15-9-11-26-57)41(19-10-12-27-58)49(50(42)53)43-30-39(23-25-46(43)66-53)65-52(60)54-44-24-22-38(61-3)31-47(44)62-4/h5,7-8,13-14,16-18,22-25,29-31,35-36,41,48-50,57-58H,1,6,9-12,15,19-21,26-28,32-33H2,2-4H3,(H,54,60)/t36-,41+,48-,49+,50+,53+/m0/s1. The summed E-state index contributed by atoms with van der Waals surface area (Å²) in [6.45, 7) is 6.94. The quantitative estimate of drug-likeness (QED) is 0.0418. The van der Waals surface area contributed by atoms with E-state index in [0.717, 1.165) is 71.7 Å². The number of fused-ring (bicyclic) bond motifs is 3. The zero-order chi connectivity index (χ0) is 46.2. The minimum atomic E-state index is -1.42. The molecule has 1 heterocycles. The van der Waals surface area contributed by atoms with E-state index in [1.54, 1.807) is 37.5 Å². The fraction of sp³-hybridized carbons (Fsp3) is 0.453. The summed E-state index contributed by atoms with van der Waals surface area (Å²) in [7, 11) is 3.07. The molecule has 0 saturated heterocycles. The Bertz CT molecular complexity index is 2430. The van der Waals surface area contributed by atoms with E-state index >= 15 is 4.79 Å². The maximum atomic E-state index is 15.0. The third kappa shape index (κ3) is 9.65. The Kier molecular flexibility index (Phi) is 15.0. The molecule has 2 fully saturated rings. The molecule has 2 saturated carbocycles. The Morgan fingerprint density at radius 2 is 1.71 bits per heavy atom. The van der Waals surface area contributed by atoms with Gasteiger partial charge in [0.15, 0.2) is 0 Å². The van der Waals surface area contributed by atoms with E-state index in [4.69, 9.17) is 33.7 Å². The summed E-state index contributed by atoms with van der Waals surface area (Å²) in [5, 5.41) is 29.8. The van der Waals surface area contributed by atoms with Crippen LogP contribution in [0.4, 0.5) is 10.5 Å². The van der Waals surface area contributed by atoms with Crippen molar-refractivity contribution in [3.63, 3.8) is 0 Å². The van der Waals surface area contributed by atoms with Crippen molar-refractivity contribution >= 4 is 34.2 Å².